The summed E-state index contributed by atoms with van der Waals surface area (Å²) in [5.74, 6) is 1.37. The van der Waals surface area contributed by atoms with Gasteiger partial charge in [0.1, 0.15) is 5.82 Å². The van der Waals surface area contributed by atoms with E-state index >= 15 is 0 Å². The summed E-state index contributed by atoms with van der Waals surface area (Å²) in [5.41, 5.74) is 9.65. The zero-order chi connectivity index (χ0) is 20.0. The van der Waals surface area contributed by atoms with Gasteiger partial charge in [-0.1, -0.05) is 25.7 Å². The van der Waals surface area contributed by atoms with E-state index in [1.165, 1.54) is 25.7 Å². The number of pyridine rings is 1. The Labute approximate surface area is 170 Å². The van der Waals surface area contributed by atoms with Gasteiger partial charge < -0.3 is 10.6 Å². The normalized spacial score (nSPS) is 25.4. The molecule has 29 heavy (non-hydrogen) atoms. The van der Waals surface area contributed by atoms with Crippen molar-refractivity contribution in [1.82, 2.24) is 9.88 Å². The fourth-order valence-electron chi connectivity index (χ4n) is 5.62. The van der Waals surface area contributed by atoms with Crippen molar-refractivity contribution < 1.29 is 8.78 Å². The van der Waals surface area contributed by atoms with E-state index in [-0.39, 0.29) is 5.56 Å². The number of allylic oxidation sites excluding steroid dienone is 1. The molecule has 6 heteroatoms. The Kier molecular flexibility index (Phi) is 4.88. The van der Waals surface area contributed by atoms with E-state index in [2.05, 4.69) is 9.89 Å². The number of aromatic nitrogens is 1. The van der Waals surface area contributed by atoms with Crippen LogP contribution in [0, 0.1) is 5.92 Å². The van der Waals surface area contributed by atoms with Gasteiger partial charge in [0, 0.05) is 34.9 Å². The maximum Gasteiger partial charge on any atom is 0.263 e. The van der Waals surface area contributed by atoms with E-state index in [0.717, 1.165) is 49.1 Å². The van der Waals surface area contributed by atoms with E-state index < -0.39 is 6.43 Å². The van der Waals surface area contributed by atoms with Gasteiger partial charge in [0.25, 0.3) is 6.43 Å². The quantitative estimate of drug-likeness (QED) is 0.729. The predicted molar refractivity (Wildman–Crippen MR) is 110 cm³/mol. The molecule has 4 aliphatic rings. The predicted octanol–water partition coefficient (Wildman–Crippen LogP) is 5.49. The topological polar surface area (TPSA) is 54.5 Å². The molecular weight excluding hydrogens is 370 g/mol. The van der Waals surface area contributed by atoms with Crippen molar-refractivity contribution in [3.63, 3.8) is 0 Å². The molecule has 1 aromatic heterocycles. The zero-order valence-corrected chi connectivity index (χ0v) is 16.7. The van der Waals surface area contributed by atoms with Crippen LogP contribution in [0.25, 0.3) is 5.57 Å². The molecule has 1 unspecified atom stereocenters. The summed E-state index contributed by atoms with van der Waals surface area (Å²) in [6.07, 6.45) is 11.4. The SMILES string of the molecule is NC1=CC2=C(c3cc(C(F)F)cc(C4CCCC4)n3)CC(C3CCCC3)N2C=N1. The van der Waals surface area contributed by atoms with Crippen LogP contribution >= 0.6 is 0 Å². The van der Waals surface area contributed by atoms with Gasteiger partial charge in [0.15, 0.2) is 0 Å². The summed E-state index contributed by atoms with van der Waals surface area (Å²) in [6.45, 7) is 0. The fraction of sp³-hybridized carbons (Fsp3) is 0.565. The number of alkyl halides is 2. The van der Waals surface area contributed by atoms with Gasteiger partial charge in [-0.2, -0.15) is 0 Å². The lowest BCUT2D eigenvalue weighted by atomic mass is 9.92. The number of halogens is 2. The molecule has 5 rings (SSSR count). The lowest BCUT2D eigenvalue weighted by Crippen LogP contribution is -2.35. The third-order valence-corrected chi connectivity index (χ3v) is 7.12. The number of nitrogens with zero attached hydrogens (tertiary/aromatic N) is 3. The summed E-state index contributed by atoms with van der Waals surface area (Å²) in [6, 6.07) is 3.54. The number of aliphatic imine (C=N–C) groups is 1. The zero-order valence-electron chi connectivity index (χ0n) is 16.7. The first-order chi connectivity index (χ1) is 14.1. The third kappa shape index (κ3) is 3.47. The largest absolute Gasteiger partial charge is 0.384 e. The van der Waals surface area contributed by atoms with Gasteiger partial charge >= 0.3 is 0 Å². The highest BCUT2D eigenvalue weighted by Gasteiger charge is 2.39. The van der Waals surface area contributed by atoms with Crippen LogP contribution < -0.4 is 5.73 Å². The standard InChI is InChI=1S/C23H28F2N4/c24-23(25)16-9-18(14-5-1-2-6-14)28-19(10-16)17-11-20(15-7-3-4-8-15)29-13-27-22(26)12-21(17)29/h9-10,12-15,20,23H,1-8,11,26H2. The summed E-state index contributed by atoms with van der Waals surface area (Å²) < 4.78 is 27.4. The van der Waals surface area contributed by atoms with Crippen LogP contribution in [0.4, 0.5) is 8.78 Å². The van der Waals surface area contributed by atoms with E-state index in [0.29, 0.717) is 29.4 Å². The van der Waals surface area contributed by atoms with Crippen LogP contribution in [0.5, 0.6) is 0 Å². The lowest BCUT2D eigenvalue weighted by Gasteiger charge is -2.30. The Morgan fingerprint density at radius 1 is 1.03 bits per heavy atom. The highest BCUT2D eigenvalue weighted by atomic mass is 19.3. The van der Waals surface area contributed by atoms with E-state index in [9.17, 15) is 8.78 Å². The highest BCUT2D eigenvalue weighted by molar-refractivity contribution is 5.79. The lowest BCUT2D eigenvalue weighted by molar-refractivity contribution is 0.151. The van der Waals surface area contributed by atoms with Crippen molar-refractivity contribution in [3.05, 3.63) is 46.7 Å². The summed E-state index contributed by atoms with van der Waals surface area (Å²) >= 11 is 0. The molecule has 1 aromatic rings. The molecule has 0 aromatic carbocycles. The molecule has 0 saturated heterocycles. The van der Waals surface area contributed by atoms with Gasteiger partial charge in [-0.25, -0.2) is 13.8 Å². The monoisotopic (exact) mass is 398 g/mol. The van der Waals surface area contributed by atoms with E-state index in [1.54, 1.807) is 12.1 Å². The van der Waals surface area contributed by atoms with Gasteiger partial charge in [-0.15, -0.1) is 0 Å². The van der Waals surface area contributed by atoms with Crippen molar-refractivity contribution in [1.29, 1.82) is 0 Å². The molecular formula is C23H28F2N4. The fourth-order valence-corrected chi connectivity index (χ4v) is 5.62. The van der Waals surface area contributed by atoms with Crippen LogP contribution in [0.3, 0.4) is 0 Å². The Bertz CT molecular complexity index is 877. The number of nitrogens with two attached hydrogens (primary N) is 1. The van der Waals surface area contributed by atoms with Gasteiger partial charge in [0.2, 0.25) is 0 Å². The average molecular weight is 399 g/mol. The van der Waals surface area contributed by atoms with Crippen molar-refractivity contribution >= 4 is 11.9 Å². The van der Waals surface area contributed by atoms with Gasteiger partial charge in [-0.3, -0.25) is 4.98 Å². The number of hydrogen-bond acceptors (Lipinski definition) is 4. The van der Waals surface area contributed by atoms with Gasteiger partial charge in [0.05, 0.1) is 17.7 Å². The highest BCUT2D eigenvalue weighted by Crippen LogP contribution is 2.44. The minimum Gasteiger partial charge on any atom is -0.384 e. The minimum atomic E-state index is -2.49. The molecule has 2 aliphatic heterocycles. The van der Waals surface area contributed by atoms with E-state index in [1.807, 2.05) is 12.4 Å². The number of hydrogen-bond donors (Lipinski definition) is 1. The maximum absolute atomic E-state index is 13.7. The molecule has 0 amide bonds. The van der Waals surface area contributed by atoms with Crippen molar-refractivity contribution in [2.45, 2.75) is 76.2 Å². The molecule has 0 spiro atoms. The molecule has 2 saturated carbocycles. The maximum atomic E-state index is 13.7. The van der Waals surface area contributed by atoms with Crippen LogP contribution in [0.2, 0.25) is 0 Å². The number of rotatable bonds is 4. The molecule has 154 valence electrons. The summed E-state index contributed by atoms with van der Waals surface area (Å²) in [4.78, 5) is 11.5. The molecule has 2 N–H and O–H groups in total. The molecule has 3 heterocycles. The third-order valence-electron chi connectivity index (χ3n) is 7.12. The molecule has 0 radical (unpaired) electrons. The minimum absolute atomic E-state index is 0.0855. The molecule has 2 aliphatic carbocycles. The van der Waals surface area contributed by atoms with Gasteiger partial charge in [-0.05, 0) is 50.2 Å². The molecule has 0 bridgehead atoms. The Morgan fingerprint density at radius 2 is 1.76 bits per heavy atom. The number of fused-ring (bicyclic) bond motifs is 1. The summed E-state index contributed by atoms with van der Waals surface area (Å²) in [7, 11) is 0. The van der Waals surface area contributed by atoms with Crippen LogP contribution in [0.1, 0.15) is 87.1 Å². The first kappa shape index (κ1) is 18.8. The Hall–Kier alpha value is -2.24. The van der Waals surface area contributed by atoms with Crippen LogP contribution in [-0.4, -0.2) is 22.3 Å². The van der Waals surface area contributed by atoms with Crippen molar-refractivity contribution in [2.24, 2.45) is 16.6 Å². The Morgan fingerprint density at radius 3 is 2.48 bits per heavy atom. The molecule has 4 nitrogen and oxygen atoms in total. The second-order valence-corrected chi connectivity index (χ2v) is 8.89. The molecule has 1 atom stereocenters. The average Bonchev–Trinajstić information content (AvgIpc) is 3.47. The molecule has 2 fully saturated rings. The van der Waals surface area contributed by atoms with Crippen LogP contribution in [-0.2, 0) is 0 Å². The van der Waals surface area contributed by atoms with Crippen LogP contribution in [0.15, 0.2) is 34.7 Å². The first-order valence-corrected chi connectivity index (χ1v) is 10.9. The van der Waals surface area contributed by atoms with Crippen molar-refractivity contribution in [2.75, 3.05) is 0 Å². The van der Waals surface area contributed by atoms with E-state index in [4.69, 9.17) is 10.7 Å². The second-order valence-electron chi connectivity index (χ2n) is 8.89. The Balaban J connectivity index is 1.57. The van der Waals surface area contributed by atoms with Crippen molar-refractivity contribution in [3.8, 4) is 0 Å². The summed E-state index contributed by atoms with van der Waals surface area (Å²) in [5, 5.41) is 0. The second kappa shape index (κ2) is 7.54. The first-order valence-electron chi connectivity index (χ1n) is 10.9. The smallest absolute Gasteiger partial charge is 0.263 e.